The molecule has 0 spiro atoms. The lowest BCUT2D eigenvalue weighted by atomic mass is 10.1. The number of nitrogens with zero attached hydrogens (tertiary/aromatic N) is 5. The van der Waals surface area contributed by atoms with E-state index in [0.29, 0.717) is 28.9 Å². The Morgan fingerprint density at radius 3 is 2.59 bits per heavy atom. The molecule has 2 aromatic heterocycles. The molecular weight excluding hydrogens is 372 g/mol. The van der Waals surface area contributed by atoms with Crippen LogP contribution in [0.25, 0.3) is 5.78 Å². The Morgan fingerprint density at radius 1 is 1.22 bits per heavy atom. The Labute approximate surface area is 159 Å². The minimum Gasteiger partial charge on any atom is -0.312 e. The van der Waals surface area contributed by atoms with Gasteiger partial charge in [0.25, 0.3) is 5.78 Å². The molecule has 0 fully saturated rings. The average molecular weight is 391 g/mol. The molecule has 3 rings (SSSR count). The van der Waals surface area contributed by atoms with Crippen molar-refractivity contribution >= 4 is 29.1 Å². The summed E-state index contributed by atoms with van der Waals surface area (Å²) in [6.07, 6.45) is 1.95. The Balaban J connectivity index is 1.95. The SMILES string of the molecule is CCN(C(=O)Cc1c(C)nc2nc(SC)nn2c1C)c1ccc(F)c(F)c1. The molecule has 0 radical (unpaired) electrons. The van der Waals surface area contributed by atoms with Crippen LogP contribution in [0.4, 0.5) is 14.5 Å². The molecule has 6 nitrogen and oxygen atoms in total. The van der Waals surface area contributed by atoms with Gasteiger partial charge in [-0.3, -0.25) is 4.79 Å². The Hall–Kier alpha value is -2.55. The summed E-state index contributed by atoms with van der Waals surface area (Å²) in [4.78, 5) is 23.1. The third kappa shape index (κ3) is 3.64. The van der Waals surface area contributed by atoms with Crippen molar-refractivity contribution in [1.82, 2.24) is 19.6 Å². The molecule has 0 aliphatic rings. The summed E-state index contributed by atoms with van der Waals surface area (Å²) in [7, 11) is 0. The molecule has 142 valence electrons. The fraction of sp³-hybridized carbons (Fsp3) is 0.333. The van der Waals surface area contributed by atoms with Crippen molar-refractivity contribution in [3.63, 3.8) is 0 Å². The number of fused-ring (bicyclic) bond motifs is 1. The molecule has 9 heteroatoms. The molecule has 0 bridgehead atoms. The summed E-state index contributed by atoms with van der Waals surface area (Å²) in [5.74, 6) is -1.68. The van der Waals surface area contributed by atoms with Crippen LogP contribution in [0, 0.1) is 25.5 Å². The molecule has 0 unspecified atom stereocenters. The quantitative estimate of drug-likeness (QED) is 0.624. The summed E-state index contributed by atoms with van der Waals surface area (Å²) in [6.45, 7) is 5.79. The van der Waals surface area contributed by atoms with E-state index in [1.165, 1.54) is 22.7 Å². The standard InChI is InChI=1S/C18H19F2N5OS/c1-5-24(12-6-7-14(19)15(20)8-12)16(26)9-13-10(2)21-17-22-18(27-4)23-25(17)11(13)3/h6-8H,5,9H2,1-4H3. The number of hydrogen-bond acceptors (Lipinski definition) is 5. The second kappa shape index (κ2) is 7.59. The van der Waals surface area contributed by atoms with Gasteiger partial charge >= 0.3 is 0 Å². The lowest BCUT2D eigenvalue weighted by Crippen LogP contribution is -2.32. The van der Waals surface area contributed by atoms with Gasteiger partial charge in [-0.05, 0) is 39.2 Å². The Bertz CT molecular complexity index is 1020. The van der Waals surface area contributed by atoms with Gasteiger partial charge in [0, 0.05) is 35.2 Å². The number of amides is 1. The maximum atomic E-state index is 13.6. The van der Waals surface area contributed by atoms with Crippen molar-refractivity contribution in [2.75, 3.05) is 17.7 Å². The van der Waals surface area contributed by atoms with Gasteiger partial charge in [-0.25, -0.2) is 18.3 Å². The number of halogens is 2. The maximum Gasteiger partial charge on any atom is 0.253 e. The molecule has 2 heterocycles. The molecule has 1 aromatic carbocycles. The van der Waals surface area contributed by atoms with Crippen LogP contribution in [-0.2, 0) is 11.2 Å². The van der Waals surface area contributed by atoms with Gasteiger partial charge in [-0.15, -0.1) is 5.10 Å². The van der Waals surface area contributed by atoms with Crippen LogP contribution in [0.1, 0.15) is 23.9 Å². The molecule has 0 saturated carbocycles. The monoisotopic (exact) mass is 391 g/mol. The summed E-state index contributed by atoms with van der Waals surface area (Å²) in [5, 5.41) is 4.98. The zero-order valence-corrected chi connectivity index (χ0v) is 16.3. The predicted octanol–water partition coefficient (Wildman–Crippen LogP) is 3.34. The van der Waals surface area contributed by atoms with Gasteiger partial charge in [0.15, 0.2) is 11.6 Å². The van der Waals surface area contributed by atoms with Crippen molar-refractivity contribution in [2.45, 2.75) is 32.3 Å². The minimum absolute atomic E-state index is 0.0713. The normalized spacial score (nSPS) is 11.2. The molecule has 0 aliphatic carbocycles. The van der Waals surface area contributed by atoms with E-state index in [9.17, 15) is 13.6 Å². The molecule has 1 amide bonds. The van der Waals surface area contributed by atoms with E-state index in [2.05, 4.69) is 15.1 Å². The van der Waals surface area contributed by atoms with Crippen molar-refractivity contribution < 1.29 is 13.6 Å². The van der Waals surface area contributed by atoms with E-state index < -0.39 is 11.6 Å². The largest absolute Gasteiger partial charge is 0.312 e. The van der Waals surface area contributed by atoms with Crippen LogP contribution in [0.15, 0.2) is 23.4 Å². The van der Waals surface area contributed by atoms with E-state index >= 15 is 0 Å². The lowest BCUT2D eigenvalue weighted by molar-refractivity contribution is -0.118. The van der Waals surface area contributed by atoms with E-state index in [4.69, 9.17) is 0 Å². The third-order valence-electron chi connectivity index (χ3n) is 4.37. The third-order valence-corrected chi connectivity index (χ3v) is 4.91. The van der Waals surface area contributed by atoms with Gasteiger partial charge in [0.05, 0.1) is 6.42 Å². The number of rotatable bonds is 5. The molecule has 3 aromatic rings. The lowest BCUT2D eigenvalue weighted by Gasteiger charge is -2.22. The van der Waals surface area contributed by atoms with E-state index in [0.717, 1.165) is 23.4 Å². The minimum atomic E-state index is -0.985. The first-order valence-electron chi connectivity index (χ1n) is 8.38. The predicted molar refractivity (Wildman–Crippen MR) is 100 cm³/mol. The number of benzene rings is 1. The number of carbonyl (C=O) groups is 1. The smallest absolute Gasteiger partial charge is 0.253 e. The Morgan fingerprint density at radius 2 is 1.96 bits per heavy atom. The second-order valence-electron chi connectivity index (χ2n) is 5.98. The van der Waals surface area contributed by atoms with Crippen LogP contribution >= 0.6 is 11.8 Å². The first kappa shape index (κ1) is 19.2. The molecule has 0 atom stereocenters. The first-order chi connectivity index (χ1) is 12.8. The van der Waals surface area contributed by atoms with Crippen LogP contribution in [0.5, 0.6) is 0 Å². The number of anilines is 1. The highest BCUT2D eigenvalue weighted by atomic mass is 32.2. The summed E-state index contributed by atoms with van der Waals surface area (Å²) >= 11 is 1.41. The van der Waals surface area contributed by atoms with Crippen LogP contribution < -0.4 is 4.90 Å². The van der Waals surface area contributed by atoms with E-state index in [1.54, 1.807) is 11.4 Å². The number of aryl methyl sites for hydroxylation is 2. The average Bonchev–Trinajstić information content (AvgIpc) is 3.05. The van der Waals surface area contributed by atoms with Crippen LogP contribution in [-0.4, -0.2) is 38.3 Å². The first-order valence-corrected chi connectivity index (χ1v) is 9.60. The van der Waals surface area contributed by atoms with Crippen molar-refractivity contribution in [1.29, 1.82) is 0 Å². The van der Waals surface area contributed by atoms with Gasteiger partial charge < -0.3 is 4.90 Å². The number of aromatic nitrogens is 4. The summed E-state index contributed by atoms with van der Waals surface area (Å²) < 4.78 is 28.4. The number of hydrogen-bond donors (Lipinski definition) is 0. The highest BCUT2D eigenvalue weighted by Gasteiger charge is 2.20. The fourth-order valence-electron chi connectivity index (χ4n) is 2.93. The zero-order chi connectivity index (χ0) is 19.7. The molecular formula is C18H19F2N5OS. The van der Waals surface area contributed by atoms with Crippen molar-refractivity contribution in [2.24, 2.45) is 0 Å². The van der Waals surface area contributed by atoms with Crippen LogP contribution in [0.3, 0.4) is 0 Å². The number of carbonyl (C=O) groups excluding carboxylic acids is 1. The fourth-order valence-corrected chi connectivity index (χ4v) is 3.27. The topological polar surface area (TPSA) is 63.4 Å². The number of likely N-dealkylation sites (N-methyl/N-ethyl adjacent to an activating group) is 1. The highest BCUT2D eigenvalue weighted by Crippen LogP contribution is 2.21. The summed E-state index contributed by atoms with van der Waals surface area (Å²) in [5.41, 5.74) is 2.52. The summed E-state index contributed by atoms with van der Waals surface area (Å²) in [6, 6.07) is 3.44. The van der Waals surface area contributed by atoms with Gasteiger partial charge in [-0.1, -0.05) is 11.8 Å². The highest BCUT2D eigenvalue weighted by molar-refractivity contribution is 7.98. The van der Waals surface area contributed by atoms with Crippen LogP contribution in [0.2, 0.25) is 0 Å². The number of thioether (sulfide) groups is 1. The molecule has 0 N–H and O–H groups in total. The van der Waals surface area contributed by atoms with Crippen molar-refractivity contribution in [3.8, 4) is 0 Å². The zero-order valence-electron chi connectivity index (χ0n) is 15.5. The van der Waals surface area contributed by atoms with E-state index in [1.807, 2.05) is 20.1 Å². The molecule has 0 aliphatic heterocycles. The van der Waals surface area contributed by atoms with Crippen molar-refractivity contribution in [3.05, 3.63) is 46.8 Å². The van der Waals surface area contributed by atoms with Gasteiger partial charge in [-0.2, -0.15) is 4.98 Å². The van der Waals surface area contributed by atoms with E-state index in [-0.39, 0.29) is 12.3 Å². The molecule has 27 heavy (non-hydrogen) atoms. The van der Waals surface area contributed by atoms with Gasteiger partial charge in [0.2, 0.25) is 11.1 Å². The molecule has 0 saturated heterocycles. The maximum absolute atomic E-state index is 13.6. The van der Waals surface area contributed by atoms with Gasteiger partial charge in [0.1, 0.15) is 0 Å². The second-order valence-corrected chi connectivity index (χ2v) is 6.76. The Kier molecular flexibility index (Phi) is 5.41.